The molecule has 2 saturated heterocycles. The summed E-state index contributed by atoms with van der Waals surface area (Å²) in [5.41, 5.74) is 0. The highest BCUT2D eigenvalue weighted by Gasteiger charge is 2.40. The fourth-order valence-corrected chi connectivity index (χ4v) is 6.99. The van der Waals surface area contributed by atoms with Crippen molar-refractivity contribution in [2.24, 2.45) is 11.8 Å². The topological polar surface area (TPSA) is 154 Å². The average molecular weight is 662 g/mol. The molecular weight excluding hydrogens is 598 g/mol. The van der Waals surface area contributed by atoms with E-state index in [2.05, 4.69) is 28.2 Å². The van der Waals surface area contributed by atoms with Crippen LogP contribution in [0, 0.1) is 11.8 Å². The van der Waals surface area contributed by atoms with E-state index in [4.69, 9.17) is 0 Å². The van der Waals surface area contributed by atoms with E-state index >= 15 is 0 Å². The molecule has 0 aromatic heterocycles. The summed E-state index contributed by atoms with van der Waals surface area (Å²) in [6, 6.07) is -3.46. The lowest BCUT2D eigenvalue weighted by atomic mass is 9.83. The number of carbonyl (C=O) groups excluding carboxylic acids is 6. The van der Waals surface area contributed by atoms with Crippen molar-refractivity contribution in [2.45, 2.75) is 168 Å². The van der Waals surface area contributed by atoms with Gasteiger partial charge in [0, 0.05) is 19.5 Å². The molecule has 0 bridgehead atoms. The van der Waals surface area contributed by atoms with Crippen LogP contribution in [0.3, 0.4) is 0 Å². The number of nitrogens with one attached hydrogen (secondary N) is 4. The molecule has 3 aliphatic rings. The lowest BCUT2D eigenvalue weighted by Crippen LogP contribution is -2.61. The Morgan fingerprint density at radius 2 is 1.45 bits per heavy atom. The van der Waals surface area contributed by atoms with Gasteiger partial charge in [-0.1, -0.05) is 92.4 Å². The van der Waals surface area contributed by atoms with Crippen molar-refractivity contribution in [2.75, 3.05) is 13.1 Å². The maximum atomic E-state index is 13.8. The summed E-state index contributed by atoms with van der Waals surface area (Å²) in [6.07, 6.45) is 13.3. The van der Waals surface area contributed by atoms with Gasteiger partial charge in [-0.3, -0.25) is 28.8 Å². The fraction of sp³-hybridized carbons (Fsp3) is 0.833. The first-order chi connectivity index (χ1) is 22.2. The van der Waals surface area contributed by atoms with Crippen molar-refractivity contribution < 1.29 is 28.8 Å². The van der Waals surface area contributed by atoms with Gasteiger partial charge in [0.1, 0.15) is 18.1 Å². The molecule has 1 aliphatic carbocycles. The summed E-state index contributed by atoms with van der Waals surface area (Å²) < 4.78 is 0. The number of hydrogen-bond donors (Lipinski definition) is 4. The summed E-state index contributed by atoms with van der Waals surface area (Å²) in [5.74, 6) is -2.79. The van der Waals surface area contributed by atoms with E-state index in [0.29, 0.717) is 64.3 Å². The molecule has 0 aromatic rings. The molecule has 3 rings (SSSR count). The Bertz CT molecular complexity index is 1040. The Morgan fingerprint density at radius 3 is 2.15 bits per heavy atom. The van der Waals surface area contributed by atoms with Gasteiger partial charge in [-0.05, 0) is 56.8 Å². The van der Waals surface area contributed by atoms with Crippen LogP contribution >= 0.6 is 0 Å². The maximum Gasteiger partial charge on any atom is 0.292 e. The van der Waals surface area contributed by atoms with Gasteiger partial charge in [-0.25, -0.2) is 0 Å². The molecule has 4 N–H and O–H groups in total. The molecule has 2 aliphatic heterocycles. The molecule has 0 aromatic carbocycles. The van der Waals surface area contributed by atoms with Crippen molar-refractivity contribution in [1.29, 1.82) is 0 Å². The highest BCUT2D eigenvalue weighted by atomic mass is 16.2. The summed E-state index contributed by atoms with van der Waals surface area (Å²) in [4.78, 5) is 82.7. The molecule has 0 radical (unpaired) electrons. The predicted octanol–water partition coefficient (Wildman–Crippen LogP) is 4.31. The van der Waals surface area contributed by atoms with E-state index in [0.717, 1.165) is 51.4 Å². The zero-order valence-corrected chi connectivity index (χ0v) is 28.5. The minimum atomic E-state index is -0.929. The smallest absolute Gasteiger partial charge is 0.292 e. The summed E-state index contributed by atoms with van der Waals surface area (Å²) in [7, 11) is 0. The van der Waals surface area contributed by atoms with Crippen molar-refractivity contribution >= 4 is 35.3 Å². The molecule has 0 spiro atoms. The molecule has 5 atom stereocenters. The number of piperidine rings is 1. The molecule has 47 heavy (non-hydrogen) atoms. The molecular formula is C36H63N5O6. The molecule has 1 saturated carbocycles. The van der Waals surface area contributed by atoms with E-state index in [1.165, 1.54) is 4.90 Å². The van der Waals surface area contributed by atoms with Crippen molar-refractivity contribution in [3.05, 3.63) is 0 Å². The van der Waals surface area contributed by atoms with Crippen LogP contribution in [0.5, 0.6) is 0 Å². The quantitative estimate of drug-likeness (QED) is 0.225. The van der Waals surface area contributed by atoms with Crippen molar-refractivity contribution in [1.82, 2.24) is 26.2 Å². The third-order valence-corrected chi connectivity index (χ3v) is 10.1. The van der Waals surface area contributed by atoms with Gasteiger partial charge in [0.15, 0.2) is 0 Å². The second-order valence-corrected chi connectivity index (χ2v) is 13.8. The van der Waals surface area contributed by atoms with Crippen molar-refractivity contribution in [3.63, 3.8) is 0 Å². The SMILES string of the molecule is C.CCCCCC1NC(=O)C([C@@H](C)CC)NC(=O)C2CCCCN2C(=O)C(=O)C(CC2CCCCC2)NC(=O)CCCCCNC1=O. The summed E-state index contributed by atoms with van der Waals surface area (Å²) in [5, 5.41) is 11.7. The lowest BCUT2D eigenvalue weighted by molar-refractivity contribution is -0.152. The van der Waals surface area contributed by atoms with E-state index < -0.39 is 47.7 Å². The van der Waals surface area contributed by atoms with Gasteiger partial charge >= 0.3 is 0 Å². The van der Waals surface area contributed by atoms with Crippen LogP contribution in [0.2, 0.25) is 0 Å². The number of nitrogens with zero attached hydrogens (tertiary/aromatic N) is 1. The third-order valence-electron chi connectivity index (χ3n) is 10.1. The number of hydrogen-bond acceptors (Lipinski definition) is 6. The van der Waals surface area contributed by atoms with Crippen LogP contribution in [0.1, 0.15) is 144 Å². The minimum Gasteiger partial charge on any atom is -0.354 e. The second-order valence-electron chi connectivity index (χ2n) is 13.8. The number of rotatable bonds is 8. The van der Waals surface area contributed by atoms with Crippen LogP contribution < -0.4 is 21.3 Å². The highest BCUT2D eigenvalue weighted by molar-refractivity contribution is 6.38. The number of ketones is 1. The van der Waals surface area contributed by atoms with Gasteiger partial charge in [0.05, 0.1) is 6.04 Å². The molecule has 11 heteroatoms. The molecule has 4 unspecified atom stereocenters. The molecule has 268 valence electrons. The Morgan fingerprint density at radius 1 is 0.745 bits per heavy atom. The second kappa shape index (κ2) is 21.1. The van der Waals surface area contributed by atoms with E-state index in [-0.39, 0.29) is 44.0 Å². The van der Waals surface area contributed by atoms with Crippen molar-refractivity contribution in [3.8, 4) is 0 Å². The zero-order valence-electron chi connectivity index (χ0n) is 28.5. The first-order valence-corrected chi connectivity index (χ1v) is 18.2. The number of fused-ring (bicyclic) bond motifs is 1. The van der Waals surface area contributed by atoms with Gasteiger partial charge in [0.25, 0.3) is 5.91 Å². The maximum absolute atomic E-state index is 13.8. The average Bonchev–Trinajstić information content (AvgIpc) is 3.06. The number of unbranched alkanes of at least 4 members (excludes halogenated alkanes) is 2. The molecule has 2 heterocycles. The van der Waals surface area contributed by atoms with E-state index in [1.807, 2.05) is 13.8 Å². The van der Waals surface area contributed by atoms with Crippen LogP contribution in [-0.4, -0.2) is 77.5 Å². The van der Waals surface area contributed by atoms with E-state index in [1.54, 1.807) is 0 Å². The van der Waals surface area contributed by atoms with Gasteiger partial charge in [0.2, 0.25) is 29.4 Å². The number of carbonyl (C=O) groups is 6. The van der Waals surface area contributed by atoms with Crippen LogP contribution in [-0.2, 0) is 28.8 Å². The number of amides is 5. The Kier molecular flexibility index (Phi) is 18.0. The standard InChI is InChI=1S/C35H59N5O6.CH4/c1-4-6-9-18-26-32(43)36-21-14-8-12-20-29(41)37-27(23-25-16-10-7-11-17-25)31(42)35(46)40-22-15-13-19-28(40)33(44)39-30(24(3)5-2)34(45)38-26;/h24-28,30H,4-23H2,1-3H3,(H,36,43)(H,37,41)(H,38,45)(H,39,44);1H4/t24-,26?,27?,28?,30?;/m0./s1. The van der Waals surface area contributed by atoms with Gasteiger partial charge < -0.3 is 26.2 Å². The molecule has 11 nitrogen and oxygen atoms in total. The van der Waals surface area contributed by atoms with E-state index in [9.17, 15) is 28.8 Å². The predicted molar refractivity (Wildman–Crippen MR) is 183 cm³/mol. The zero-order chi connectivity index (χ0) is 33.5. The van der Waals surface area contributed by atoms with Crippen LogP contribution in [0.4, 0.5) is 0 Å². The Labute approximate surface area is 282 Å². The highest BCUT2D eigenvalue weighted by Crippen LogP contribution is 2.28. The lowest BCUT2D eigenvalue weighted by Gasteiger charge is -2.36. The fourth-order valence-electron chi connectivity index (χ4n) is 6.99. The normalized spacial score (nSPS) is 27.3. The molecule has 5 amide bonds. The molecule has 3 fully saturated rings. The summed E-state index contributed by atoms with van der Waals surface area (Å²) in [6.45, 7) is 6.56. The number of Topliss-reactive ketones (excluding diaryl/α,β-unsaturated/α-hetero) is 1. The third kappa shape index (κ3) is 12.5. The van der Waals surface area contributed by atoms with Gasteiger partial charge in [-0.15, -0.1) is 0 Å². The summed E-state index contributed by atoms with van der Waals surface area (Å²) >= 11 is 0. The van der Waals surface area contributed by atoms with Crippen LogP contribution in [0.25, 0.3) is 0 Å². The largest absolute Gasteiger partial charge is 0.354 e. The Balaban J connectivity index is 0.00000768. The first kappa shape index (κ1) is 40.2. The first-order valence-electron chi connectivity index (χ1n) is 18.2. The van der Waals surface area contributed by atoms with Gasteiger partial charge in [-0.2, -0.15) is 0 Å². The Hall–Kier alpha value is -2.98. The monoisotopic (exact) mass is 661 g/mol. The minimum absolute atomic E-state index is 0. The van der Waals surface area contributed by atoms with Crippen LogP contribution in [0.15, 0.2) is 0 Å².